The van der Waals surface area contributed by atoms with E-state index in [9.17, 15) is 0 Å². The molecule has 0 bridgehead atoms. The van der Waals surface area contributed by atoms with E-state index in [2.05, 4.69) is 43.4 Å². The summed E-state index contributed by atoms with van der Waals surface area (Å²) in [4.78, 5) is 3.54. The van der Waals surface area contributed by atoms with Gasteiger partial charge in [-0.1, -0.05) is 31.9 Å². The van der Waals surface area contributed by atoms with Crippen molar-refractivity contribution < 1.29 is 0 Å². The predicted octanol–water partition coefficient (Wildman–Crippen LogP) is 1.99. The van der Waals surface area contributed by atoms with Crippen molar-refractivity contribution in [1.82, 2.24) is 4.98 Å². The van der Waals surface area contributed by atoms with Crippen molar-refractivity contribution in [1.29, 1.82) is 0 Å². The van der Waals surface area contributed by atoms with Crippen LogP contribution in [0.3, 0.4) is 0 Å². The van der Waals surface area contributed by atoms with Gasteiger partial charge in [-0.15, -0.1) is 6.58 Å². The molecule has 1 atom stereocenters. The number of hydrogen-bond donors (Lipinski definition) is 1. The first-order chi connectivity index (χ1) is 4.95. The van der Waals surface area contributed by atoms with E-state index in [1.165, 1.54) is 12.6 Å². The fourth-order valence-electron chi connectivity index (χ4n) is 0.758. The van der Waals surface area contributed by atoms with E-state index < -0.39 is 17.0 Å². The minimum Gasteiger partial charge on any atom is -0.337 e. The Kier molecular flexibility index (Phi) is 4.96. The molecule has 0 amide bonds. The van der Waals surface area contributed by atoms with Crippen molar-refractivity contribution in [2.24, 2.45) is 0 Å². The molecule has 66 valence electrons. The van der Waals surface area contributed by atoms with Crippen molar-refractivity contribution in [2.45, 2.75) is 32.2 Å². The maximum Gasteiger partial charge on any atom is 0.129 e. The Balaban J connectivity index is 3.35. The third-order valence-corrected chi connectivity index (χ3v) is 5.08. The van der Waals surface area contributed by atoms with Crippen LogP contribution in [-0.4, -0.2) is 23.6 Å². The Labute approximate surface area is 73.6 Å². The smallest absolute Gasteiger partial charge is 0.129 e. The predicted molar refractivity (Wildman–Crippen MR) is 59.4 cm³/mol. The molecule has 0 rings (SSSR count). The first kappa shape index (κ1) is 11.1. The lowest BCUT2D eigenvalue weighted by atomic mass is 10.8. The van der Waals surface area contributed by atoms with Gasteiger partial charge in [0.05, 0.1) is 0 Å². The summed E-state index contributed by atoms with van der Waals surface area (Å²) in [6.07, 6.45) is 0. The lowest BCUT2D eigenvalue weighted by Crippen LogP contribution is -2.34. The monoisotopic (exact) mass is 187 g/mol. The van der Waals surface area contributed by atoms with Crippen LogP contribution in [0, 0.1) is 0 Å². The van der Waals surface area contributed by atoms with Crippen LogP contribution in [0.15, 0.2) is 12.3 Å². The molecule has 0 radical (unpaired) electrons. The summed E-state index contributed by atoms with van der Waals surface area (Å²) in [5.74, 6) is 0. The van der Waals surface area contributed by atoms with E-state index in [1.54, 1.807) is 0 Å². The Morgan fingerprint density at radius 3 is 2.36 bits per heavy atom. The van der Waals surface area contributed by atoms with E-state index in [-0.39, 0.29) is 0 Å². The second kappa shape index (κ2) is 4.90. The highest BCUT2D eigenvalue weighted by molar-refractivity contribution is 6.76. The summed E-state index contributed by atoms with van der Waals surface area (Å²) < 4.78 is 0. The molecule has 0 aliphatic carbocycles. The van der Waals surface area contributed by atoms with Gasteiger partial charge in [-0.25, -0.2) is 0 Å². The molecule has 11 heavy (non-hydrogen) atoms. The first-order valence-electron chi connectivity index (χ1n) is 4.31. The van der Waals surface area contributed by atoms with Crippen LogP contribution in [0.4, 0.5) is 0 Å². The highest BCUT2D eigenvalue weighted by Gasteiger charge is 2.11. The number of nitrogens with one attached hydrogen (secondary N) is 1. The summed E-state index contributed by atoms with van der Waals surface area (Å²) in [6, 6.07) is 1.39. The Morgan fingerprint density at radius 1 is 1.45 bits per heavy atom. The Hall–Kier alpha value is 0.134. The molecule has 0 fully saturated rings. The van der Waals surface area contributed by atoms with E-state index in [4.69, 9.17) is 0 Å². The van der Waals surface area contributed by atoms with Crippen LogP contribution >= 0.6 is 0 Å². The Morgan fingerprint density at radius 2 is 2.00 bits per heavy atom. The molecule has 0 aromatic heterocycles. The number of hydrogen-bond acceptors (Lipinski definition) is 1. The maximum absolute atomic E-state index is 3.79. The zero-order valence-corrected chi connectivity index (χ0v) is 10.4. The largest absolute Gasteiger partial charge is 0.337 e. The third kappa shape index (κ3) is 8.04. The van der Waals surface area contributed by atoms with Crippen LogP contribution in [0.2, 0.25) is 32.2 Å². The van der Waals surface area contributed by atoms with Crippen LogP contribution in [-0.2, 0) is 0 Å². The van der Waals surface area contributed by atoms with Crippen LogP contribution < -0.4 is 4.98 Å². The molecule has 0 aromatic rings. The highest BCUT2D eigenvalue weighted by Crippen LogP contribution is 2.05. The molecule has 0 aliphatic heterocycles. The second-order valence-corrected chi connectivity index (χ2v) is 12.4. The lowest BCUT2D eigenvalue weighted by Gasteiger charge is -2.16. The van der Waals surface area contributed by atoms with E-state index in [1.807, 2.05) is 0 Å². The van der Waals surface area contributed by atoms with Gasteiger partial charge >= 0.3 is 0 Å². The van der Waals surface area contributed by atoms with Gasteiger partial charge in [0.2, 0.25) is 0 Å². The van der Waals surface area contributed by atoms with Crippen molar-refractivity contribution in [3.05, 3.63) is 12.3 Å². The van der Waals surface area contributed by atoms with Crippen LogP contribution in [0.5, 0.6) is 0 Å². The van der Waals surface area contributed by atoms with E-state index >= 15 is 0 Å². The minimum atomic E-state index is -0.811. The van der Waals surface area contributed by atoms with Crippen molar-refractivity contribution in [2.75, 3.05) is 6.54 Å². The normalized spacial score (nSPS) is 14.5. The van der Waals surface area contributed by atoms with Gasteiger partial charge in [-0.2, -0.15) is 0 Å². The molecular formula is C8H21NSi2. The van der Waals surface area contributed by atoms with Gasteiger partial charge in [0.25, 0.3) is 0 Å². The second-order valence-electron chi connectivity index (χ2n) is 4.29. The molecule has 0 aromatic carbocycles. The van der Waals surface area contributed by atoms with Crippen molar-refractivity contribution >= 4 is 17.0 Å². The quantitative estimate of drug-likeness (QED) is 0.649. The highest BCUT2D eigenvalue weighted by atomic mass is 28.3. The summed E-state index contributed by atoms with van der Waals surface area (Å²) in [5.41, 5.74) is 2.09. The molecule has 0 saturated heterocycles. The standard InChI is InChI=1S/C8H21NSi2/c1-6-10(2)9-7-8-11(3,4)5/h6,9-10H,1,7-8H2,2-5H3. The molecule has 0 saturated carbocycles. The van der Waals surface area contributed by atoms with Gasteiger partial charge in [-0.05, 0) is 12.6 Å². The van der Waals surface area contributed by atoms with Crippen LogP contribution in [0.25, 0.3) is 0 Å². The molecule has 1 unspecified atom stereocenters. The zero-order valence-electron chi connectivity index (χ0n) is 8.28. The Bertz CT molecular complexity index is 118. The summed E-state index contributed by atoms with van der Waals surface area (Å²) in [5, 5.41) is 0. The molecule has 1 nitrogen and oxygen atoms in total. The van der Waals surface area contributed by atoms with Gasteiger partial charge < -0.3 is 4.98 Å². The molecule has 0 spiro atoms. The maximum atomic E-state index is 3.79. The van der Waals surface area contributed by atoms with E-state index in [0.29, 0.717) is 0 Å². The lowest BCUT2D eigenvalue weighted by molar-refractivity contribution is 0.971. The molecular weight excluding hydrogens is 166 g/mol. The van der Waals surface area contributed by atoms with Crippen molar-refractivity contribution in [3.8, 4) is 0 Å². The summed E-state index contributed by atoms with van der Waals surface area (Å²) in [6.45, 7) is 14.5. The van der Waals surface area contributed by atoms with Crippen LogP contribution in [0.1, 0.15) is 0 Å². The SMILES string of the molecule is C=C[SiH](C)NCC[Si](C)(C)C. The fourth-order valence-corrected chi connectivity index (χ4v) is 2.71. The van der Waals surface area contributed by atoms with Gasteiger partial charge in [-0.3, -0.25) is 0 Å². The molecule has 3 heteroatoms. The van der Waals surface area contributed by atoms with E-state index in [0.717, 1.165) is 0 Å². The summed E-state index contributed by atoms with van der Waals surface area (Å²) in [7, 11) is -1.55. The third-order valence-electron chi connectivity index (χ3n) is 1.69. The van der Waals surface area contributed by atoms with Gasteiger partial charge in [0, 0.05) is 8.07 Å². The average molecular weight is 187 g/mol. The number of rotatable bonds is 5. The van der Waals surface area contributed by atoms with Gasteiger partial charge in [0.1, 0.15) is 8.96 Å². The minimum absolute atomic E-state index is 0.735. The van der Waals surface area contributed by atoms with Crippen molar-refractivity contribution in [3.63, 3.8) is 0 Å². The summed E-state index contributed by atoms with van der Waals surface area (Å²) >= 11 is 0. The average Bonchev–Trinajstić information content (AvgIpc) is 1.85. The molecule has 1 N–H and O–H groups in total. The fraction of sp³-hybridized carbons (Fsp3) is 0.750. The zero-order chi connectivity index (χ0) is 8.91. The topological polar surface area (TPSA) is 12.0 Å². The van der Waals surface area contributed by atoms with Gasteiger partial charge in [0.15, 0.2) is 0 Å². The first-order valence-corrected chi connectivity index (χ1v) is 10.4. The molecule has 0 heterocycles. The molecule has 0 aliphatic rings.